The Balaban J connectivity index is 1.96. The van der Waals surface area contributed by atoms with Gasteiger partial charge in [0.2, 0.25) is 0 Å². The van der Waals surface area contributed by atoms with E-state index >= 15 is 0 Å². The molecule has 1 aliphatic rings. The zero-order valence-corrected chi connectivity index (χ0v) is 11.4. The summed E-state index contributed by atoms with van der Waals surface area (Å²) in [6.07, 6.45) is 0. The molecule has 0 radical (unpaired) electrons. The van der Waals surface area contributed by atoms with Crippen LogP contribution in [-0.2, 0) is 0 Å². The summed E-state index contributed by atoms with van der Waals surface area (Å²) >= 11 is 0. The Morgan fingerprint density at radius 2 is 1.68 bits per heavy atom. The van der Waals surface area contributed by atoms with Gasteiger partial charge in [-0.05, 0) is 35.7 Å². The zero-order chi connectivity index (χ0) is 13.1. The summed E-state index contributed by atoms with van der Waals surface area (Å²) in [6, 6.07) is 17.5. The van der Waals surface area contributed by atoms with E-state index in [4.69, 9.17) is 0 Å². The molecule has 0 unspecified atom stereocenters. The number of benzene rings is 2. The highest BCUT2D eigenvalue weighted by molar-refractivity contribution is 5.71. The molecule has 2 aromatic rings. The summed E-state index contributed by atoms with van der Waals surface area (Å²) in [5.74, 6) is 0. The minimum absolute atomic E-state index is 1.08. The van der Waals surface area contributed by atoms with E-state index in [1.165, 1.54) is 22.4 Å². The predicted molar refractivity (Wildman–Crippen MR) is 81.7 cm³/mol. The Morgan fingerprint density at radius 3 is 2.42 bits per heavy atom. The second-order valence-electron chi connectivity index (χ2n) is 5.10. The molecule has 2 heteroatoms. The molecule has 1 aliphatic heterocycles. The molecule has 1 saturated heterocycles. The topological polar surface area (TPSA) is 15.3 Å². The Labute approximate surface area is 115 Å². The largest absolute Gasteiger partial charge is 0.369 e. The lowest BCUT2D eigenvalue weighted by Crippen LogP contribution is -2.43. The average Bonchev–Trinajstić information content (AvgIpc) is 2.49. The highest BCUT2D eigenvalue weighted by Crippen LogP contribution is 2.28. The van der Waals surface area contributed by atoms with Crippen molar-refractivity contribution in [1.82, 2.24) is 5.32 Å². The van der Waals surface area contributed by atoms with E-state index in [1.807, 2.05) is 0 Å². The first-order valence-electron chi connectivity index (χ1n) is 6.96. The molecular formula is C17H20N2. The standard InChI is InChI=1S/C17H20N2/c1-14-7-8-16(19-11-9-18-10-12-19)13-17(14)15-5-3-2-4-6-15/h2-8,13,18H,9-12H2,1H3. The average molecular weight is 252 g/mol. The SMILES string of the molecule is Cc1ccc(N2CCNCC2)cc1-c1ccccc1. The summed E-state index contributed by atoms with van der Waals surface area (Å²) in [4.78, 5) is 2.46. The predicted octanol–water partition coefficient (Wildman–Crippen LogP) is 3.07. The van der Waals surface area contributed by atoms with E-state index in [-0.39, 0.29) is 0 Å². The maximum Gasteiger partial charge on any atom is 0.0373 e. The van der Waals surface area contributed by atoms with Crippen molar-refractivity contribution in [3.8, 4) is 11.1 Å². The van der Waals surface area contributed by atoms with E-state index in [2.05, 4.69) is 65.7 Å². The van der Waals surface area contributed by atoms with Crippen LogP contribution in [0.15, 0.2) is 48.5 Å². The minimum atomic E-state index is 1.08. The first-order chi connectivity index (χ1) is 9.34. The molecule has 3 rings (SSSR count). The monoisotopic (exact) mass is 252 g/mol. The third-order valence-electron chi connectivity index (χ3n) is 3.79. The number of hydrogen-bond donors (Lipinski definition) is 1. The van der Waals surface area contributed by atoms with E-state index in [0.29, 0.717) is 0 Å². The van der Waals surface area contributed by atoms with Crippen molar-refractivity contribution in [2.24, 2.45) is 0 Å². The van der Waals surface area contributed by atoms with Crippen molar-refractivity contribution in [2.45, 2.75) is 6.92 Å². The summed E-state index contributed by atoms with van der Waals surface area (Å²) in [7, 11) is 0. The lowest BCUT2D eigenvalue weighted by molar-refractivity contribution is 0.589. The Hall–Kier alpha value is -1.80. The van der Waals surface area contributed by atoms with Gasteiger partial charge in [0.1, 0.15) is 0 Å². The number of anilines is 1. The number of piperazine rings is 1. The van der Waals surface area contributed by atoms with Gasteiger partial charge in [-0.15, -0.1) is 0 Å². The second kappa shape index (κ2) is 5.45. The van der Waals surface area contributed by atoms with E-state index in [0.717, 1.165) is 26.2 Å². The highest BCUT2D eigenvalue weighted by Gasteiger charge is 2.12. The summed E-state index contributed by atoms with van der Waals surface area (Å²) in [6.45, 7) is 6.53. The third kappa shape index (κ3) is 2.64. The maximum atomic E-state index is 3.40. The molecule has 19 heavy (non-hydrogen) atoms. The minimum Gasteiger partial charge on any atom is -0.369 e. The molecule has 0 spiro atoms. The fraction of sp³-hybridized carbons (Fsp3) is 0.294. The van der Waals surface area contributed by atoms with Gasteiger partial charge in [0.25, 0.3) is 0 Å². The molecule has 98 valence electrons. The van der Waals surface area contributed by atoms with Crippen molar-refractivity contribution in [1.29, 1.82) is 0 Å². The number of nitrogens with zero attached hydrogens (tertiary/aromatic N) is 1. The van der Waals surface area contributed by atoms with Crippen molar-refractivity contribution in [3.05, 3.63) is 54.1 Å². The second-order valence-corrected chi connectivity index (χ2v) is 5.10. The van der Waals surface area contributed by atoms with Gasteiger partial charge >= 0.3 is 0 Å². The number of hydrogen-bond acceptors (Lipinski definition) is 2. The van der Waals surface area contributed by atoms with Gasteiger partial charge in [0.05, 0.1) is 0 Å². The first-order valence-corrected chi connectivity index (χ1v) is 6.96. The van der Waals surface area contributed by atoms with Crippen LogP contribution in [0.4, 0.5) is 5.69 Å². The van der Waals surface area contributed by atoms with E-state index < -0.39 is 0 Å². The fourth-order valence-corrected chi connectivity index (χ4v) is 2.66. The van der Waals surface area contributed by atoms with Crippen molar-refractivity contribution in [2.75, 3.05) is 31.1 Å². The zero-order valence-electron chi connectivity index (χ0n) is 11.4. The van der Waals surface area contributed by atoms with Crippen LogP contribution in [0.1, 0.15) is 5.56 Å². The highest BCUT2D eigenvalue weighted by atomic mass is 15.2. The molecule has 0 amide bonds. The Bertz CT molecular complexity index is 542. The number of nitrogens with one attached hydrogen (secondary N) is 1. The van der Waals surface area contributed by atoms with Gasteiger partial charge in [-0.2, -0.15) is 0 Å². The van der Waals surface area contributed by atoms with Gasteiger partial charge in [-0.25, -0.2) is 0 Å². The quantitative estimate of drug-likeness (QED) is 0.883. The maximum absolute atomic E-state index is 3.40. The molecule has 0 atom stereocenters. The molecule has 0 aliphatic carbocycles. The molecule has 0 saturated carbocycles. The first kappa shape index (κ1) is 12.2. The van der Waals surface area contributed by atoms with Crippen LogP contribution in [0.2, 0.25) is 0 Å². The van der Waals surface area contributed by atoms with E-state index in [1.54, 1.807) is 0 Å². The molecular weight excluding hydrogens is 232 g/mol. The summed E-state index contributed by atoms with van der Waals surface area (Å²) < 4.78 is 0. The number of aryl methyl sites for hydroxylation is 1. The summed E-state index contributed by atoms with van der Waals surface area (Å²) in [5.41, 5.74) is 5.32. The van der Waals surface area contributed by atoms with Crippen LogP contribution >= 0.6 is 0 Å². The molecule has 2 nitrogen and oxygen atoms in total. The van der Waals surface area contributed by atoms with Gasteiger partial charge in [-0.3, -0.25) is 0 Å². The molecule has 0 bridgehead atoms. The van der Waals surface area contributed by atoms with Crippen molar-refractivity contribution < 1.29 is 0 Å². The normalized spacial score (nSPS) is 15.5. The smallest absolute Gasteiger partial charge is 0.0373 e. The molecule has 2 aromatic carbocycles. The van der Waals surface area contributed by atoms with Gasteiger partial charge in [0, 0.05) is 31.9 Å². The van der Waals surface area contributed by atoms with Crippen LogP contribution in [0, 0.1) is 6.92 Å². The van der Waals surface area contributed by atoms with Gasteiger partial charge in [0.15, 0.2) is 0 Å². The molecule has 1 fully saturated rings. The lowest BCUT2D eigenvalue weighted by Gasteiger charge is -2.30. The molecule has 1 N–H and O–H groups in total. The summed E-state index contributed by atoms with van der Waals surface area (Å²) in [5, 5.41) is 3.40. The van der Waals surface area contributed by atoms with Crippen LogP contribution in [0.3, 0.4) is 0 Å². The van der Waals surface area contributed by atoms with Crippen LogP contribution in [0.25, 0.3) is 11.1 Å². The number of rotatable bonds is 2. The van der Waals surface area contributed by atoms with Crippen LogP contribution in [-0.4, -0.2) is 26.2 Å². The van der Waals surface area contributed by atoms with Gasteiger partial charge < -0.3 is 10.2 Å². The van der Waals surface area contributed by atoms with Crippen molar-refractivity contribution >= 4 is 5.69 Å². The molecule has 0 aromatic heterocycles. The van der Waals surface area contributed by atoms with Crippen LogP contribution in [0.5, 0.6) is 0 Å². The van der Waals surface area contributed by atoms with Crippen molar-refractivity contribution in [3.63, 3.8) is 0 Å². The molecule has 1 heterocycles. The third-order valence-corrected chi connectivity index (χ3v) is 3.79. The Kier molecular flexibility index (Phi) is 3.51. The van der Waals surface area contributed by atoms with E-state index in [9.17, 15) is 0 Å². The lowest BCUT2D eigenvalue weighted by atomic mass is 9.99. The van der Waals surface area contributed by atoms with Crippen LogP contribution < -0.4 is 10.2 Å². The Morgan fingerprint density at radius 1 is 0.947 bits per heavy atom. The van der Waals surface area contributed by atoms with Gasteiger partial charge in [-0.1, -0.05) is 36.4 Å². The fourth-order valence-electron chi connectivity index (χ4n) is 2.66.